The standard InChI is InChI=1S/C14H26N2O2/c1-11-12(6-5-9-15-11)13(17)16(2)10-14(18)7-3-4-8-14/h11-12,15,18H,3-10H2,1-2H3. The molecule has 2 rings (SSSR count). The van der Waals surface area contributed by atoms with Crippen LogP contribution in [0.5, 0.6) is 0 Å². The zero-order valence-corrected chi connectivity index (χ0v) is 11.6. The third kappa shape index (κ3) is 3.04. The second-order valence-corrected chi connectivity index (χ2v) is 6.12. The van der Waals surface area contributed by atoms with Crippen LogP contribution >= 0.6 is 0 Å². The molecule has 2 fully saturated rings. The first kappa shape index (κ1) is 13.8. The Bertz CT molecular complexity index is 300. The maximum Gasteiger partial charge on any atom is 0.227 e. The highest BCUT2D eigenvalue weighted by molar-refractivity contribution is 5.79. The van der Waals surface area contributed by atoms with Crippen molar-refractivity contribution in [2.45, 2.75) is 57.1 Å². The third-order valence-electron chi connectivity index (χ3n) is 4.52. The van der Waals surface area contributed by atoms with E-state index in [-0.39, 0.29) is 17.9 Å². The van der Waals surface area contributed by atoms with Crippen molar-refractivity contribution in [2.75, 3.05) is 20.1 Å². The van der Waals surface area contributed by atoms with E-state index in [9.17, 15) is 9.90 Å². The zero-order valence-electron chi connectivity index (χ0n) is 11.6. The summed E-state index contributed by atoms with van der Waals surface area (Å²) in [6.07, 6.45) is 5.88. The minimum absolute atomic E-state index is 0.0775. The molecule has 104 valence electrons. The normalized spacial score (nSPS) is 31.3. The van der Waals surface area contributed by atoms with Crippen molar-refractivity contribution in [3.63, 3.8) is 0 Å². The molecule has 1 aliphatic heterocycles. The molecule has 0 aromatic carbocycles. The molecule has 4 heteroatoms. The van der Waals surface area contributed by atoms with Gasteiger partial charge >= 0.3 is 0 Å². The van der Waals surface area contributed by atoms with Crippen LogP contribution in [-0.4, -0.2) is 47.7 Å². The predicted octanol–water partition coefficient (Wildman–Crippen LogP) is 1.14. The van der Waals surface area contributed by atoms with Crippen LogP contribution < -0.4 is 5.32 Å². The van der Waals surface area contributed by atoms with E-state index in [0.29, 0.717) is 6.54 Å². The number of rotatable bonds is 3. The van der Waals surface area contributed by atoms with Crippen molar-refractivity contribution in [2.24, 2.45) is 5.92 Å². The number of nitrogens with zero attached hydrogens (tertiary/aromatic N) is 1. The lowest BCUT2D eigenvalue weighted by atomic mass is 9.90. The lowest BCUT2D eigenvalue weighted by molar-refractivity contribution is -0.139. The molecule has 2 atom stereocenters. The van der Waals surface area contributed by atoms with Crippen molar-refractivity contribution in [3.05, 3.63) is 0 Å². The molecule has 2 N–H and O–H groups in total. The van der Waals surface area contributed by atoms with Crippen LogP contribution in [-0.2, 0) is 4.79 Å². The van der Waals surface area contributed by atoms with Crippen molar-refractivity contribution in [3.8, 4) is 0 Å². The Morgan fingerprint density at radius 3 is 2.67 bits per heavy atom. The van der Waals surface area contributed by atoms with E-state index in [2.05, 4.69) is 12.2 Å². The van der Waals surface area contributed by atoms with Gasteiger partial charge in [0.25, 0.3) is 0 Å². The first-order valence-corrected chi connectivity index (χ1v) is 7.23. The first-order chi connectivity index (χ1) is 8.52. The van der Waals surface area contributed by atoms with Gasteiger partial charge in [-0.3, -0.25) is 4.79 Å². The topological polar surface area (TPSA) is 52.6 Å². The molecule has 2 aliphatic rings. The number of hydrogen-bond acceptors (Lipinski definition) is 3. The van der Waals surface area contributed by atoms with Gasteiger partial charge in [0.2, 0.25) is 5.91 Å². The van der Waals surface area contributed by atoms with Crippen LogP contribution in [0, 0.1) is 5.92 Å². The van der Waals surface area contributed by atoms with Gasteiger partial charge in [0.05, 0.1) is 11.5 Å². The van der Waals surface area contributed by atoms with E-state index in [1.807, 2.05) is 7.05 Å². The molecule has 0 bridgehead atoms. The first-order valence-electron chi connectivity index (χ1n) is 7.23. The van der Waals surface area contributed by atoms with Crippen LogP contribution in [0.4, 0.5) is 0 Å². The van der Waals surface area contributed by atoms with Crippen LogP contribution in [0.25, 0.3) is 0 Å². The monoisotopic (exact) mass is 254 g/mol. The number of nitrogens with one attached hydrogen (secondary N) is 1. The van der Waals surface area contributed by atoms with E-state index in [1.165, 1.54) is 0 Å². The average Bonchev–Trinajstić information content (AvgIpc) is 2.75. The van der Waals surface area contributed by atoms with E-state index in [0.717, 1.165) is 45.1 Å². The molecule has 1 heterocycles. The van der Waals surface area contributed by atoms with E-state index in [1.54, 1.807) is 4.90 Å². The number of hydrogen-bond donors (Lipinski definition) is 2. The van der Waals surface area contributed by atoms with E-state index in [4.69, 9.17) is 0 Å². The molecule has 0 aromatic heterocycles. The third-order valence-corrected chi connectivity index (χ3v) is 4.52. The zero-order chi connectivity index (χ0) is 13.2. The van der Waals surface area contributed by atoms with E-state index >= 15 is 0 Å². The Morgan fingerprint density at radius 2 is 2.06 bits per heavy atom. The quantitative estimate of drug-likeness (QED) is 0.794. The Hall–Kier alpha value is -0.610. The molecule has 18 heavy (non-hydrogen) atoms. The van der Waals surface area contributed by atoms with Crippen LogP contribution in [0.1, 0.15) is 45.4 Å². The minimum Gasteiger partial charge on any atom is -0.388 e. The summed E-state index contributed by atoms with van der Waals surface area (Å²) in [4.78, 5) is 14.2. The fourth-order valence-electron chi connectivity index (χ4n) is 3.38. The Morgan fingerprint density at radius 1 is 1.39 bits per heavy atom. The SMILES string of the molecule is CC1NCCCC1C(=O)N(C)CC1(O)CCCC1. The van der Waals surface area contributed by atoms with Gasteiger partial charge in [-0.25, -0.2) is 0 Å². The number of aliphatic hydroxyl groups is 1. The van der Waals surface area contributed by atoms with Gasteiger partial charge in [-0.05, 0) is 39.2 Å². The molecule has 1 aliphatic carbocycles. The van der Waals surface area contributed by atoms with Crippen molar-refractivity contribution < 1.29 is 9.90 Å². The summed E-state index contributed by atoms with van der Waals surface area (Å²) in [6.45, 7) is 3.59. The van der Waals surface area contributed by atoms with Crippen LogP contribution in [0.2, 0.25) is 0 Å². The largest absolute Gasteiger partial charge is 0.388 e. The second kappa shape index (κ2) is 5.57. The number of piperidine rings is 1. The molecule has 0 radical (unpaired) electrons. The Balaban J connectivity index is 1.91. The van der Waals surface area contributed by atoms with Gasteiger partial charge in [-0.15, -0.1) is 0 Å². The molecular formula is C14H26N2O2. The number of carbonyl (C=O) groups is 1. The summed E-state index contributed by atoms with van der Waals surface area (Å²) in [7, 11) is 1.83. The Labute approximate surface area is 110 Å². The highest BCUT2D eigenvalue weighted by Crippen LogP contribution is 2.30. The van der Waals surface area contributed by atoms with Crippen molar-refractivity contribution in [1.29, 1.82) is 0 Å². The molecule has 1 saturated carbocycles. The summed E-state index contributed by atoms with van der Waals surface area (Å²) in [5.41, 5.74) is -0.629. The summed E-state index contributed by atoms with van der Waals surface area (Å²) in [5.74, 6) is 0.267. The summed E-state index contributed by atoms with van der Waals surface area (Å²) in [5, 5.41) is 13.7. The van der Waals surface area contributed by atoms with Gasteiger partial charge in [0.1, 0.15) is 0 Å². The molecular weight excluding hydrogens is 228 g/mol. The predicted molar refractivity (Wildman–Crippen MR) is 71.2 cm³/mol. The van der Waals surface area contributed by atoms with E-state index < -0.39 is 5.60 Å². The van der Waals surface area contributed by atoms with Crippen molar-refractivity contribution >= 4 is 5.91 Å². The summed E-state index contributed by atoms with van der Waals surface area (Å²) in [6, 6.07) is 0.256. The molecule has 0 spiro atoms. The van der Waals surface area contributed by atoms with Gasteiger partial charge < -0.3 is 15.3 Å². The average molecular weight is 254 g/mol. The fraction of sp³-hybridized carbons (Fsp3) is 0.929. The maximum absolute atomic E-state index is 12.4. The highest BCUT2D eigenvalue weighted by Gasteiger charge is 2.36. The van der Waals surface area contributed by atoms with Crippen molar-refractivity contribution in [1.82, 2.24) is 10.2 Å². The van der Waals surface area contributed by atoms with Gasteiger partial charge in [0.15, 0.2) is 0 Å². The van der Waals surface area contributed by atoms with Crippen LogP contribution in [0.15, 0.2) is 0 Å². The molecule has 0 aromatic rings. The molecule has 4 nitrogen and oxygen atoms in total. The molecule has 1 saturated heterocycles. The highest BCUT2D eigenvalue weighted by atomic mass is 16.3. The second-order valence-electron chi connectivity index (χ2n) is 6.12. The summed E-state index contributed by atoms with van der Waals surface area (Å²) < 4.78 is 0. The maximum atomic E-state index is 12.4. The summed E-state index contributed by atoms with van der Waals surface area (Å²) >= 11 is 0. The number of likely N-dealkylation sites (N-methyl/N-ethyl adjacent to an activating group) is 1. The lowest BCUT2D eigenvalue weighted by Gasteiger charge is -2.35. The van der Waals surface area contributed by atoms with Crippen LogP contribution in [0.3, 0.4) is 0 Å². The molecule has 2 unspecified atom stereocenters. The van der Waals surface area contributed by atoms with Gasteiger partial charge in [-0.2, -0.15) is 0 Å². The van der Waals surface area contributed by atoms with Gasteiger partial charge in [-0.1, -0.05) is 12.8 Å². The minimum atomic E-state index is -0.629. The lowest BCUT2D eigenvalue weighted by Crippen LogP contribution is -2.50. The van der Waals surface area contributed by atoms with Gasteiger partial charge in [0, 0.05) is 19.6 Å². The smallest absolute Gasteiger partial charge is 0.227 e. The fourth-order valence-corrected chi connectivity index (χ4v) is 3.38. The molecule has 1 amide bonds. The number of carbonyl (C=O) groups excluding carboxylic acids is 1. The Kier molecular flexibility index (Phi) is 4.28. The number of amides is 1.